The lowest BCUT2D eigenvalue weighted by atomic mass is 9.95. The van der Waals surface area contributed by atoms with Gasteiger partial charge in [0.25, 0.3) is 0 Å². The summed E-state index contributed by atoms with van der Waals surface area (Å²) in [6, 6.07) is 16.4. The van der Waals surface area contributed by atoms with Gasteiger partial charge in [0, 0.05) is 49.1 Å². The van der Waals surface area contributed by atoms with Gasteiger partial charge in [0.05, 0.1) is 18.7 Å². The van der Waals surface area contributed by atoms with E-state index in [1.54, 1.807) is 0 Å². The second kappa shape index (κ2) is 9.41. The molecule has 0 aromatic heterocycles. The SMILES string of the molecule is COC(=O)C1=C(CN2CCN(c3ccc(Cl)cc3)CC2)NC(=O)N[C@@H]1c1ccccc1. The molecular formula is C23H25ClN4O3. The topological polar surface area (TPSA) is 73.9 Å². The molecule has 2 heterocycles. The molecule has 7 nitrogen and oxygen atoms in total. The third kappa shape index (κ3) is 4.84. The fraction of sp³-hybridized carbons (Fsp3) is 0.304. The molecule has 1 atom stereocenters. The third-order valence-corrected chi connectivity index (χ3v) is 5.89. The number of benzene rings is 2. The number of urea groups is 1. The van der Waals surface area contributed by atoms with Gasteiger partial charge in [0.2, 0.25) is 0 Å². The molecule has 1 fully saturated rings. The third-order valence-electron chi connectivity index (χ3n) is 5.64. The molecule has 2 amide bonds. The zero-order chi connectivity index (χ0) is 21.8. The average Bonchev–Trinajstić information content (AvgIpc) is 2.80. The van der Waals surface area contributed by atoms with Crippen molar-refractivity contribution in [2.75, 3.05) is 44.7 Å². The highest BCUT2D eigenvalue weighted by Crippen LogP contribution is 2.28. The number of anilines is 1. The normalized spacial score (nSPS) is 19.6. The maximum absolute atomic E-state index is 12.7. The Kier molecular flexibility index (Phi) is 6.44. The van der Waals surface area contributed by atoms with Gasteiger partial charge in [0.1, 0.15) is 0 Å². The van der Waals surface area contributed by atoms with E-state index < -0.39 is 12.0 Å². The number of nitrogens with one attached hydrogen (secondary N) is 2. The fourth-order valence-corrected chi connectivity index (χ4v) is 4.15. The highest BCUT2D eigenvalue weighted by atomic mass is 35.5. The van der Waals surface area contributed by atoms with E-state index in [4.69, 9.17) is 16.3 Å². The van der Waals surface area contributed by atoms with Crippen LogP contribution in [-0.2, 0) is 9.53 Å². The first-order chi connectivity index (χ1) is 15.0. The van der Waals surface area contributed by atoms with Crippen LogP contribution < -0.4 is 15.5 Å². The molecule has 162 valence electrons. The number of carbonyl (C=O) groups excluding carboxylic acids is 2. The van der Waals surface area contributed by atoms with Crippen LogP contribution in [0, 0.1) is 0 Å². The van der Waals surface area contributed by atoms with Crippen LogP contribution in [0.25, 0.3) is 0 Å². The fourth-order valence-electron chi connectivity index (χ4n) is 4.03. The molecule has 0 aliphatic carbocycles. The van der Waals surface area contributed by atoms with Crippen LogP contribution >= 0.6 is 11.6 Å². The quantitative estimate of drug-likeness (QED) is 0.699. The highest BCUT2D eigenvalue weighted by molar-refractivity contribution is 6.30. The molecule has 0 bridgehead atoms. The minimum absolute atomic E-state index is 0.323. The zero-order valence-corrected chi connectivity index (χ0v) is 18.1. The van der Waals surface area contributed by atoms with Gasteiger partial charge in [-0.05, 0) is 29.8 Å². The Bertz CT molecular complexity index is 970. The van der Waals surface area contributed by atoms with E-state index in [1.807, 2.05) is 54.6 Å². The Morgan fingerprint density at radius 2 is 1.74 bits per heavy atom. The van der Waals surface area contributed by atoms with Crippen molar-refractivity contribution in [3.05, 3.63) is 76.5 Å². The van der Waals surface area contributed by atoms with Gasteiger partial charge in [0.15, 0.2) is 0 Å². The lowest BCUT2D eigenvalue weighted by Gasteiger charge is -2.38. The Morgan fingerprint density at radius 1 is 1.06 bits per heavy atom. The van der Waals surface area contributed by atoms with Gasteiger partial charge in [-0.1, -0.05) is 41.9 Å². The number of esters is 1. The molecule has 0 unspecified atom stereocenters. The van der Waals surface area contributed by atoms with Gasteiger partial charge < -0.3 is 20.3 Å². The maximum Gasteiger partial charge on any atom is 0.338 e. The number of nitrogens with zero attached hydrogens (tertiary/aromatic N) is 2. The summed E-state index contributed by atoms with van der Waals surface area (Å²) in [4.78, 5) is 29.6. The predicted octanol–water partition coefficient (Wildman–Crippen LogP) is 2.94. The molecule has 0 saturated carbocycles. The molecule has 0 spiro atoms. The van der Waals surface area contributed by atoms with E-state index in [0.29, 0.717) is 17.8 Å². The van der Waals surface area contributed by atoms with Crippen molar-refractivity contribution in [2.24, 2.45) is 0 Å². The minimum atomic E-state index is -0.548. The molecular weight excluding hydrogens is 416 g/mol. The van der Waals surface area contributed by atoms with E-state index in [9.17, 15) is 9.59 Å². The summed E-state index contributed by atoms with van der Waals surface area (Å²) in [6.07, 6.45) is 0. The summed E-state index contributed by atoms with van der Waals surface area (Å²) in [6.45, 7) is 3.77. The van der Waals surface area contributed by atoms with E-state index in [-0.39, 0.29) is 6.03 Å². The molecule has 1 saturated heterocycles. The van der Waals surface area contributed by atoms with Crippen LogP contribution in [0.2, 0.25) is 5.02 Å². The number of piperazine rings is 1. The standard InChI is InChI=1S/C23H25ClN4O3/c1-31-22(29)20-19(25-23(30)26-21(20)16-5-3-2-4-6-16)15-27-11-13-28(14-12-27)18-9-7-17(24)8-10-18/h2-10,21H,11-15H2,1H3,(H2,25,26,30)/t21-/m1/s1. The number of ether oxygens (including phenoxy) is 1. The molecule has 2 aliphatic rings. The summed E-state index contributed by atoms with van der Waals surface area (Å²) in [5, 5.41) is 6.41. The molecule has 4 rings (SSSR count). The van der Waals surface area contributed by atoms with Crippen molar-refractivity contribution in [3.63, 3.8) is 0 Å². The molecule has 8 heteroatoms. The summed E-state index contributed by atoms with van der Waals surface area (Å²) in [5.41, 5.74) is 3.00. The van der Waals surface area contributed by atoms with Crippen LogP contribution in [0.4, 0.5) is 10.5 Å². The first-order valence-electron chi connectivity index (χ1n) is 10.2. The van der Waals surface area contributed by atoms with Crippen LogP contribution in [0.3, 0.4) is 0 Å². The molecule has 2 N–H and O–H groups in total. The molecule has 2 aliphatic heterocycles. The van der Waals surface area contributed by atoms with Crippen molar-refractivity contribution in [1.82, 2.24) is 15.5 Å². The molecule has 2 aromatic rings. The number of rotatable bonds is 5. The van der Waals surface area contributed by atoms with Crippen molar-refractivity contribution < 1.29 is 14.3 Å². The lowest BCUT2D eigenvalue weighted by molar-refractivity contribution is -0.136. The summed E-state index contributed by atoms with van der Waals surface area (Å²) in [5.74, 6) is -0.448. The van der Waals surface area contributed by atoms with Crippen LogP contribution in [0.1, 0.15) is 11.6 Å². The van der Waals surface area contributed by atoms with Crippen molar-refractivity contribution in [3.8, 4) is 0 Å². The zero-order valence-electron chi connectivity index (χ0n) is 17.3. The second-order valence-electron chi connectivity index (χ2n) is 7.57. The molecule has 31 heavy (non-hydrogen) atoms. The van der Waals surface area contributed by atoms with Crippen LogP contribution in [-0.4, -0.2) is 56.7 Å². The second-order valence-corrected chi connectivity index (χ2v) is 8.00. The summed E-state index contributed by atoms with van der Waals surface area (Å²) in [7, 11) is 1.36. The maximum atomic E-state index is 12.7. The molecule has 0 radical (unpaired) electrons. The van der Waals surface area contributed by atoms with E-state index in [1.165, 1.54) is 7.11 Å². The Morgan fingerprint density at radius 3 is 2.39 bits per heavy atom. The minimum Gasteiger partial charge on any atom is -0.466 e. The van der Waals surface area contributed by atoms with Crippen LogP contribution in [0.5, 0.6) is 0 Å². The first kappa shape index (κ1) is 21.2. The lowest BCUT2D eigenvalue weighted by Crippen LogP contribution is -2.51. The van der Waals surface area contributed by atoms with Crippen molar-refractivity contribution >= 4 is 29.3 Å². The Labute approximate surface area is 186 Å². The van der Waals surface area contributed by atoms with Crippen molar-refractivity contribution in [1.29, 1.82) is 0 Å². The van der Waals surface area contributed by atoms with Crippen molar-refractivity contribution in [2.45, 2.75) is 6.04 Å². The average molecular weight is 441 g/mol. The summed E-state index contributed by atoms with van der Waals surface area (Å²) < 4.78 is 5.05. The smallest absolute Gasteiger partial charge is 0.338 e. The monoisotopic (exact) mass is 440 g/mol. The van der Waals surface area contributed by atoms with E-state index in [0.717, 1.165) is 42.5 Å². The number of halogens is 1. The number of methoxy groups -OCH3 is 1. The van der Waals surface area contributed by atoms with Gasteiger partial charge in [-0.25, -0.2) is 9.59 Å². The number of amides is 2. The number of hydrogen-bond donors (Lipinski definition) is 2. The molecule has 2 aromatic carbocycles. The van der Waals surface area contributed by atoms with Gasteiger partial charge in [-0.15, -0.1) is 0 Å². The highest BCUT2D eigenvalue weighted by Gasteiger charge is 2.34. The number of hydrogen-bond acceptors (Lipinski definition) is 5. The Balaban J connectivity index is 1.52. The van der Waals surface area contributed by atoms with Gasteiger partial charge >= 0.3 is 12.0 Å². The largest absolute Gasteiger partial charge is 0.466 e. The van der Waals surface area contributed by atoms with Crippen LogP contribution in [0.15, 0.2) is 65.9 Å². The van der Waals surface area contributed by atoms with Gasteiger partial charge in [-0.3, -0.25) is 4.90 Å². The first-order valence-corrected chi connectivity index (χ1v) is 10.6. The summed E-state index contributed by atoms with van der Waals surface area (Å²) >= 11 is 5.99. The predicted molar refractivity (Wildman–Crippen MR) is 120 cm³/mol. The van der Waals surface area contributed by atoms with Gasteiger partial charge in [-0.2, -0.15) is 0 Å². The van der Waals surface area contributed by atoms with E-state index in [2.05, 4.69) is 20.4 Å². The Hall–Kier alpha value is -3.03. The van der Waals surface area contributed by atoms with E-state index >= 15 is 0 Å². The number of carbonyl (C=O) groups is 2.